The molecule has 0 aliphatic rings. The molecule has 11 aromatic rings. The van der Waals surface area contributed by atoms with Gasteiger partial charge in [0.05, 0.1) is 22.4 Å². The van der Waals surface area contributed by atoms with E-state index in [1.165, 1.54) is 43.8 Å². The number of para-hydroxylation sites is 2. The van der Waals surface area contributed by atoms with Gasteiger partial charge in [-0.3, -0.25) is 0 Å². The Bertz CT molecular complexity index is 3300. The summed E-state index contributed by atoms with van der Waals surface area (Å²) in [6, 6.07) is 88.2. The molecule has 0 saturated heterocycles. The molecular weight excluding hydrogens is 725 g/mol. The number of anilines is 3. The summed E-state index contributed by atoms with van der Waals surface area (Å²) in [5.74, 6) is 0. The highest BCUT2D eigenvalue weighted by atomic mass is 15.1. The predicted molar refractivity (Wildman–Crippen MR) is 255 cm³/mol. The Morgan fingerprint density at radius 3 is 1.58 bits per heavy atom. The first-order chi connectivity index (χ1) is 29.8. The van der Waals surface area contributed by atoms with E-state index in [4.69, 9.17) is 0 Å². The molecule has 282 valence electrons. The van der Waals surface area contributed by atoms with E-state index < -0.39 is 0 Å². The van der Waals surface area contributed by atoms with E-state index in [9.17, 15) is 0 Å². The van der Waals surface area contributed by atoms with Crippen LogP contribution in [0.25, 0.3) is 82.8 Å². The predicted octanol–water partition coefficient (Wildman–Crippen LogP) is 16.1. The number of rotatable bonds is 8. The van der Waals surface area contributed by atoms with Crippen LogP contribution in [0.5, 0.6) is 0 Å². The zero-order chi connectivity index (χ0) is 39.8. The van der Waals surface area contributed by atoms with Crippen LogP contribution in [0.4, 0.5) is 17.1 Å². The van der Waals surface area contributed by atoms with Crippen LogP contribution in [-0.2, 0) is 0 Å². The molecule has 0 aliphatic carbocycles. The topological polar surface area (TPSA) is 8.17 Å². The van der Waals surface area contributed by atoms with Gasteiger partial charge in [-0.1, -0.05) is 188 Å². The molecule has 0 aliphatic heterocycles. The zero-order valence-corrected chi connectivity index (χ0v) is 33.0. The maximum absolute atomic E-state index is 2.49. The largest absolute Gasteiger partial charge is 0.309 e. The van der Waals surface area contributed by atoms with E-state index in [1.54, 1.807) is 0 Å². The van der Waals surface area contributed by atoms with E-state index >= 15 is 0 Å². The summed E-state index contributed by atoms with van der Waals surface area (Å²) >= 11 is 0. The number of fused-ring (bicyclic) bond motifs is 4. The third-order valence-corrected chi connectivity index (χ3v) is 11.8. The SMILES string of the molecule is c1ccc(-c2ccc(-c3ccccc3)c(N(c3ccc4c5ccccc5n(-c5ccccc5)c4c3)c3ccc(-c4ccc5ccccc5c4)cc3-c3ccccc3)c2)cc1. The third-order valence-electron chi connectivity index (χ3n) is 11.8. The van der Waals surface area contributed by atoms with Gasteiger partial charge in [0.15, 0.2) is 0 Å². The molecule has 0 unspecified atom stereocenters. The van der Waals surface area contributed by atoms with Crippen LogP contribution in [0.15, 0.2) is 243 Å². The molecule has 0 N–H and O–H groups in total. The van der Waals surface area contributed by atoms with Crippen molar-refractivity contribution in [3.63, 3.8) is 0 Å². The maximum Gasteiger partial charge on any atom is 0.0561 e. The van der Waals surface area contributed by atoms with Gasteiger partial charge in [0, 0.05) is 33.3 Å². The van der Waals surface area contributed by atoms with E-state index in [0.717, 1.165) is 56.1 Å². The van der Waals surface area contributed by atoms with Gasteiger partial charge in [-0.2, -0.15) is 0 Å². The minimum atomic E-state index is 1.07. The summed E-state index contributed by atoms with van der Waals surface area (Å²) in [5.41, 5.74) is 16.0. The highest BCUT2D eigenvalue weighted by Gasteiger charge is 2.24. The molecule has 1 aromatic heterocycles. The number of benzene rings is 10. The molecule has 2 nitrogen and oxygen atoms in total. The van der Waals surface area contributed by atoms with Gasteiger partial charge in [-0.15, -0.1) is 0 Å². The molecule has 1 heterocycles. The van der Waals surface area contributed by atoms with Crippen molar-refractivity contribution in [3.05, 3.63) is 243 Å². The monoisotopic (exact) mass is 764 g/mol. The standard InChI is InChI=1S/C58H40N2/c1-5-17-41(18-6-1)48-31-34-51(43-20-7-2-8-21-43)57(39-48)60(50-33-35-53-52-27-15-16-28-55(52)59(58(53)40-50)49-25-11-4-12-26-49)56-36-32-47(38-54(56)44-22-9-3-10-23-44)46-30-29-42-19-13-14-24-45(42)37-46/h1-40H. The molecule has 0 spiro atoms. The number of aromatic nitrogens is 1. The zero-order valence-electron chi connectivity index (χ0n) is 33.0. The van der Waals surface area contributed by atoms with Crippen LogP contribution in [0, 0.1) is 0 Å². The van der Waals surface area contributed by atoms with Gasteiger partial charge in [-0.05, 0) is 98.8 Å². The molecule has 0 atom stereocenters. The minimum absolute atomic E-state index is 1.07. The summed E-state index contributed by atoms with van der Waals surface area (Å²) < 4.78 is 2.41. The van der Waals surface area contributed by atoms with Crippen molar-refractivity contribution >= 4 is 49.6 Å². The van der Waals surface area contributed by atoms with Crippen LogP contribution in [0.3, 0.4) is 0 Å². The first-order valence-corrected chi connectivity index (χ1v) is 20.6. The van der Waals surface area contributed by atoms with Crippen LogP contribution in [0.2, 0.25) is 0 Å². The Kier molecular flexibility index (Phi) is 8.87. The van der Waals surface area contributed by atoms with Gasteiger partial charge in [0.2, 0.25) is 0 Å². The van der Waals surface area contributed by atoms with Crippen molar-refractivity contribution in [1.29, 1.82) is 0 Å². The van der Waals surface area contributed by atoms with Crippen LogP contribution < -0.4 is 4.90 Å². The average Bonchev–Trinajstić information content (AvgIpc) is 3.66. The van der Waals surface area contributed by atoms with E-state index in [1.807, 2.05) is 0 Å². The molecule has 10 aromatic carbocycles. The fraction of sp³-hybridized carbons (Fsp3) is 0. The third kappa shape index (κ3) is 6.32. The lowest BCUT2D eigenvalue weighted by Gasteiger charge is -2.31. The van der Waals surface area contributed by atoms with Gasteiger partial charge < -0.3 is 9.47 Å². The molecule has 0 saturated carbocycles. The lowest BCUT2D eigenvalue weighted by molar-refractivity contribution is 1.18. The second-order valence-electron chi connectivity index (χ2n) is 15.3. The van der Waals surface area contributed by atoms with E-state index in [0.29, 0.717) is 0 Å². The Labute approximate surface area is 350 Å². The lowest BCUT2D eigenvalue weighted by atomic mass is 9.93. The average molecular weight is 765 g/mol. The molecule has 60 heavy (non-hydrogen) atoms. The summed E-state index contributed by atoms with van der Waals surface area (Å²) in [5, 5.41) is 4.92. The normalized spacial score (nSPS) is 11.3. The van der Waals surface area contributed by atoms with Crippen LogP contribution in [0.1, 0.15) is 0 Å². The van der Waals surface area contributed by atoms with Crippen molar-refractivity contribution in [1.82, 2.24) is 4.57 Å². The number of hydrogen-bond acceptors (Lipinski definition) is 1. The fourth-order valence-corrected chi connectivity index (χ4v) is 8.88. The summed E-state index contributed by atoms with van der Waals surface area (Å²) in [7, 11) is 0. The summed E-state index contributed by atoms with van der Waals surface area (Å²) in [6.45, 7) is 0. The van der Waals surface area contributed by atoms with Gasteiger partial charge in [-0.25, -0.2) is 0 Å². The smallest absolute Gasteiger partial charge is 0.0561 e. The molecule has 0 fully saturated rings. The van der Waals surface area contributed by atoms with Crippen LogP contribution in [-0.4, -0.2) is 4.57 Å². The molecular formula is C58H40N2. The highest BCUT2D eigenvalue weighted by molar-refractivity contribution is 6.11. The highest BCUT2D eigenvalue weighted by Crippen LogP contribution is 2.48. The van der Waals surface area contributed by atoms with Gasteiger partial charge in [0.1, 0.15) is 0 Å². The summed E-state index contributed by atoms with van der Waals surface area (Å²) in [6.07, 6.45) is 0. The Hall–Kier alpha value is -7.94. The van der Waals surface area contributed by atoms with E-state index in [-0.39, 0.29) is 0 Å². The van der Waals surface area contributed by atoms with Gasteiger partial charge in [0.25, 0.3) is 0 Å². The van der Waals surface area contributed by atoms with Gasteiger partial charge >= 0.3 is 0 Å². The first-order valence-electron chi connectivity index (χ1n) is 20.6. The van der Waals surface area contributed by atoms with E-state index in [2.05, 4.69) is 252 Å². The van der Waals surface area contributed by atoms with Crippen molar-refractivity contribution in [2.24, 2.45) is 0 Å². The second kappa shape index (κ2) is 15.1. The fourth-order valence-electron chi connectivity index (χ4n) is 8.88. The molecule has 0 bridgehead atoms. The van der Waals surface area contributed by atoms with Crippen molar-refractivity contribution in [2.45, 2.75) is 0 Å². The molecule has 0 radical (unpaired) electrons. The van der Waals surface area contributed by atoms with Crippen LogP contribution >= 0.6 is 0 Å². The maximum atomic E-state index is 2.49. The molecule has 0 amide bonds. The lowest BCUT2D eigenvalue weighted by Crippen LogP contribution is -2.13. The Morgan fingerprint density at radius 1 is 0.283 bits per heavy atom. The molecule has 2 heteroatoms. The Morgan fingerprint density at radius 2 is 0.833 bits per heavy atom. The number of hydrogen-bond donors (Lipinski definition) is 0. The second-order valence-corrected chi connectivity index (χ2v) is 15.3. The number of nitrogens with zero attached hydrogens (tertiary/aromatic N) is 2. The minimum Gasteiger partial charge on any atom is -0.309 e. The summed E-state index contributed by atoms with van der Waals surface area (Å²) in [4.78, 5) is 2.49. The Balaban J connectivity index is 1.22. The van der Waals surface area contributed by atoms with Crippen molar-refractivity contribution in [3.8, 4) is 50.2 Å². The quantitative estimate of drug-likeness (QED) is 0.150. The van der Waals surface area contributed by atoms with Crippen molar-refractivity contribution < 1.29 is 0 Å². The van der Waals surface area contributed by atoms with Crippen molar-refractivity contribution in [2.75, 3.05) is 4.90 Å². The molecule has 11 rings (SSSR count). The first kappa shape index (κ1) is 35.2.